The third kappa shape index (κ3) is 5.59. The van der Waals surface area contributed by atoms with Crippen molar-refractivity contribution in [2.75, 3.05) is 10.6 Å². The van der Waals surface area contributed by atoms with Crippen molar-refractivity contribution in [3.8, 4) is 21.8 Å². The van der Waals surface area contributed by atoms with E-state index in [2.05, 4.69) is 27.3 Å². The van der Waals surface area contributed by atoms with Gasteiger partial charge in [0.15, 0.2) is 5.82 Å². The SMILES string of the molecule is C=CC(=O)Nc1ccccc1-c1c(CC)n(CC(=O)Nc2ccc(C(F)(F)F)cc2)c2nc(-c3cccs3)nn2c1=O. The summed E-state index contributed by atoms with van der Waals surface area (Å²) in [5.41, 5.74) is 0.232. The van der Waals surface area contributed by atoms with Crippen LogP contribution in [0.25, 0.3) is 27.6 Å². The molecule has 0 spiro atoms. The summed E-state index contributed by atoms with van der Waals surface area (Å²) in [6, 6.07) is 14.4. The molecule has 2 aromatic carbocycles. The number of halogens is 3. The fourth-order valence-corrected chi connectivity index (χ4v) is 5.15. The number of fused-ring (bicyclic) bond motifs is 1. The van der Waals surface area contributed by atoms with Gasteiger partial charge in [-0.25, -0.2) is 0 Å². The van der Waals surface area contributed by atoms with E-state index in [0.29, 0.717) is 28.2 Å². The van der Waals surface area contributed by atoms with Crippen molar-refractivity contribution in [1.29, 1.82) is 0 Å². The van der Waals surface area contributed by atoms with Crippen LogP contribution in [0.5, 0.6) is 0 Å². The fourth-order valence-electron chi connectivity index (χ4n) is 4.49. The van der Waals surface area contributed by atoms with E-state index < -0.39 is 29.1 Å². The van der Waals surface area contributed by atoms with E-state index in [1.54, 1.807) is 41.8 Å². The smallest absolute Gasteiger partial charge is 0.325 e. The lowest BCUT2D eigenvalue weighted by atomic mass is 10.0. The van der Waals surface area contributed by atoms with Crippen molar-refractivity contribution in [3.05, 3.63) is 100 Å². The average molecular weight is 593 g/mol. The number of anilines is 2. The first-order valence-electron chi connectivity index (χ1n) is 12.7. The Labute approximate surface area is 241 Å². The summed E-state index contributed by atoms with van der Waals surface area (Å²) in [5, 5.41) is 11.6. The molecule has 0 saturated carbocycles. The molecule has 0 bridgehead atoms. The lowest BCUT2D eigenvalue weighted by Crippen LogP contribution is -2.29. The Bertz CT molecular complexity index is 1860. The van der Waals surface area contributed by atoms with E-state index in [1.165, 1.54) is 23.5 Å². The second kappa shape index (κ2) is 11.4. The molecular weight excluding hydrogens is 569 g/mol. The lowest BCUT2D eigenvalue weighted by molar-refractivity contribution is -0.137. The molecule has 9 nitrogen and oxygen atoms in total. The van der Waals surface area contributed by atoms with Crippen LogP contribution in [-0.4, -0.2) is 31.0 Å². The van der Waals surface area contributed by atoms with Crippen LogP contribution in [0.2, 0.25) is 0 Å². The van der Waals surface area contributed by atoms with Crippen molar-refractivity contribution >= 4 is 40.3 Å². The van der Waals surface area contributed by atoms with Gasteiger partial charge < -0.3 is 15.2 Å². The van der Waals surface area contributed by atoms with E-state index in [9.17, 15) is 27.6 Å². The molecule has 0 fully saturated rings. The van der Waals surface area contributed by atoms with Gasteiger partial charge in [0, 0.05) is 22.6 Å². The minimum atomic E-state index is -4.51. The van der Waals surface area contributed by atoms with Crippen LogP contribution in [0, 0.1) is 0 Å². The maximum Gasteiger partial charge on any atom is 0.416 e. The second-order valence-electron chi connectivity index (χ2n) is 9.05. The number of hydrogen-bond acceptors (Lipinski definition) is 6. The van der Waals surface area contributed by atoms with Gasteiger partial charge in [0.25, 0.3) is 5.56 Å². The number of rotatable bonds is 8. The third-order valence-electron chi connectivity index (χ3n) is 6.37. The molecule has 0 aliphatic carbocycles. The summed E-state index contributed by atoms with van der Waals surface area (Å²) >= 11 is 1.38. The van der Waals surface area contributed by atoms with Gasteiger partial charge in [-0.15, -0.1) is 16.4 Å². The van der Waals surface area contributed by atoms with Crippen LogP contribution in [0.1, 0.15) is 18.2 Å². The lowest BCUT2D eigenvalue weighted by Gasteiger charge is -2.19. The van der Waals surface area contributed by atoms with Gasteiger partial charge in [0.05, 0.1) is 16.0 Å². The largest absolute Gasteiger partial charge is 0.416 e. The number of para-hydroxylation sites is 1. The molecule has 0 radical (unpaired) electrons. The standard InChI is InChI=1S/C29H23F3N6O3S/c1-3-21-25(19-8-5-6-9-20(19)34-23(39)4-2)27(41)38-28(35-26(36-38)22-10-7-15-42-22)37(21)16-24(40)33-18-13-11-17(12-14-18)29(30,31)32/h4-15H,2-3,16H2,1H3,(H,33,40)(H,34,39). The number of carbonyl (C=O) groups excluding carboxylic acids is 2. The molecule has 0 saturated heterocycles. The Balaban J connectivity index is 1.65. The quantitative estimate of drug-likeness (QED) is 0.227. The van der Waals surface area contributed by atoms with Crippen LogP contribution >= 0.6 is 11.3 Å². The molecule has 0 aliphatic heterocycles. The molecule has 214 valence electrons. The molecular formula is C29H23F3N6O3S. The minimum Gasteiger partial charge on any atom is -0.325 e. The normalized spacial score (nSPS) is 11.4. The number of alkyl halides is 3. The monoisotopic (exact) mass is 592 g/mol. The van der Waals surface area contributed by atoms with Gasteiger partial charge in [-0.2, -0.15) is 22.7 Å². The molecule has 2 N–H and O–H groups in total. The van der Waals surface area contributed by atoms with Gasteiger partial charge in [-0.3, -0.25) is 14.4 Å². The Morgan fingerprint density at radius 2 is 1.79 bits per heavy atom. The van der Waals surface area contributed by atoms with Crippen molar-refractivity contribution in [2.45, 2.75) is 26.1 Å². The summed E-state index contributed by atoms with van der Waals surface area (Å²) < 4.78 is 41.6. The summed E-state index contributed by atoms with van der Waals surface area (Å²) in [6.07, 6.45) is -3.11. The average Bonchev–Trinajstić information content (AvgIpc) is 3.65. The summed E-state index contributed by atoms with van der Waals surface area (Å²) in [5.74, 6) is -0.640. The van der Waals surface area contributed by atoms with E-state index >= 15 is 0 Å². The van der Waals surface area contributed by atoms with Crippen LogP contribution in [0.15, 0.2) is 83.5 Å². The summed E-state index contributed by atoms with van der Waals surface area (Å²) in [7, 11) is 0. The van der Waals surface area contributed by atoms with Crippen molar-refractivity contribution in [2.24, 2.45) is 0 Å². The minimum absolute atomic E-state index is 0.110. The number of nitrogens with zero attached hydrogens (tertiary/aromatic N) is 4. The highest BCUT2D eigenvalue weighted by Gasteiger charge is 2.30. The molecule has 5 aromatic rings. The Kier molecular flexibility index (Phi) is 7.77. The first kappa shape index (κ1) is 28.5. The van der Waals surface area contributed by atoms with Gasteiger partial charge >= 0.3 is 6.18 Å². The van der Waals surface area contributed by atoms with E-state index in [-0.39, 0.29) is 29.4 Å². The first-order valence-corrected chi connectivity index (χ1v) is 13.5. The van der Waals surface area contributed by atoms with Gasteiger partial charge in [0.2, 0.25) is 17.6 Å². The molecule has 3 aromatic heterocycles. The maximum atomic E-state index is 14.0. The van der Waals surface area contributed by atoms with Crippen molar-refractivity contribution < 1.29 is 22.8 Å². The molecule has 0 atom stereocenters. The van der Waals surface area contributed by atoms with Crippen LogP contribution in [-0.2, 0) is 28.7 Å². The van der Waals surface area contributed by atoms with E-state index in [1.807, 2.05) is 11.4 Å². The number of thiophene rings is 1. The van der Waals surface area contributed by atoms with Crippen LogP contribution in [0.3, 0.4) is 0 Å². The highest BCUT2D eigenvalue weighted by atomic mass is 32.1. The highest BCUT2D eigenvalue weighted by Crippen LogP contribution is 2.31. The molecule has 3 heterocycles. The number of aromatic nitrogens is 4. The van der Waals surface area contributed by atoms with Crippen molar-refractivity contribution in [1.82, 2.24) is 19.2 Å². The molecule has 0 unspecified atom stereocenters. The van der Waals surface area contributed by atoms with Crippen LogP contribution in [0.4, 0.5) is 24.5 Å². The topological polar surface area (TPSA) is 110 Å². The van der Waals surface area contributed by atoms with Gasteiger partial charge in [-0.1, -0.05) is 37.8 Å². The molecule has 0 aliphatic rings. The van der Waals surface area contributed by atoms with Crippen LogP contribution < -0.4 is 16.2 Å². The number of carbonyl (C=O) groups is 2. The molecule has 42 heavy (non-hydrogen) atoms. The van der Waals surface area contributed by atoms with E-state index in [0.717, 1.165) is 22.7 Å². The van der Waals surface area contributed by atoms with Gasteiger partial charge in [-0.05, 0) is 54.3 Å². The maximum absolute atomic E-state index is 14.0. The Morgan fingerprint density at radius 1 is 1.05 bits per heavy atom. The Morgan fingerprint density at radius 3 is 2.43 bits per heavy atom. The fraction of sp³-hybridized carbons (Fsp3) is 0.138. The zero-order valence-corrected chi connectivity index (χ0v) is 22.9. The first-order chi connectivity index (χ1) is 20.1. The second-order valence-corrected chi connectivity index (χ2v) is 10.0. The van der Waals surface area contributed by atoms with Crippen molar-refractivity contribution in [3.63, 3.8) is 0 Å². The zero-order valence-electron chi connectivity index (χ0n) is 22.1. The predicted molar refractivity (Wildman–Crippen MR) is 154 cm³/mol. The Hall–Kier alpha value is -5.04. The van der Waals surface area contributed by atoms with E-state index in [4.69, 9.17) is 0 Å². The third-order valence-corrected chi connectivity index (χ3v) is 7.23. The molecule has 5 rings (SSSR count). The number of hydrogen-bond donors (Lipinski definition) is 2. The van der Waals surface area contributed by atoms with Gasteiger partial charge in [0.1, 0.15) is 6.54 Å². The summed E-state index contributed by atoms with van der Waals surface area (Å²) in [4.78, 5) is 44.6. The summed E-state index contributed by atoms with van der Waals surface area (Å²) in [6.45, 7) is 4.95. The highest BCUT2D eigenvalue weighted by molar-refractivity contribution is 7.13. The number of amides is 2. The molecule has 13 heteroatoms. The number of nitrogens with one attached hydrogen (secondary N) is 2. The zero-order chi connectivity index (χ0) is 30.0. The predicted octanol–water partition coefficient (Wildman–Crippen LogP) is 5.63. The number of benzene rings is 2. The molecule has 2 amide bonds.